The van der Waals surface area contributed by atoms with Crippen molar-refractivity contribution in [1.82, 2.24) is 9.88 Å². The summed E-state index contributed by atoms with van der Waals surface area (Å²) in [7, 11) is 1.52. The first-order valence-corrected chi connectivity index (χ1v) is 6.00. The van der Waals surface area contributed by atoms with Crippen molar-refractivity contribution >= 4 is 17.5 Å². The minimum absolute atomic E-state index is 0.0834. The third-order valence-corrected chi connectivity index (χ3v) is 2.61. The molecule has 0 saturated carbocycles. The third-order valence-electron chi connectivity index (χ3n) is 2.44. The molecule has 1 amide bonds. The van der Waals surface area contributed by atoms with Gasteiger partial charge >= 0.3 is 0 Å². The zero-order valence-corrected chi connectivity index (χ0v) is 11.1. The standard InChI is InChI=1S/C12H17ClN2O2/c1-9(2)15(7-5-13)12(16)10-4-6-14-8-11(10)17-3/h4,6,8-9H,5,7H2,1-3H3. The van der Waals surface area contributed by atoms with Crippen molar-refractivity contribution in [2.24, 2.45) is 0 Å². The maximum absolute atomic E-state index is 12.3. The van der Waals surface area contributed by atoms with Gasteiger partial charge in [-0.2, -0.15) is 0 Å². The van der Waals surface area contributed by atoms with E-state index in [2.05, 4.69) is 4.98 Å². The Hall–Kier alpha value is -1.29. The average Bonchev–Trinajstić information content (AvgIpc) is 2.34. The van der Waals surface area contributed by atoms with Gasteiger partial charge < -0.3 is 9.64 Å². The summed E-state index contributed by atoms with van der Waals surface area (Å²) in [6, 6.07) is 1.75. The van der Waals surface area contributed by atoms with Gasteiger partial charge in [0.2, 0.25) is 0 Å². The first-order valence-electron chi connectivity index (χ1n) is 5.46. The number of pyridine rings is 1. The monoisotopic (exact) mass is 256 g/mol. The van der Waals surface area contributed by atoms with E-state index in [4.69, 9.17) is 16.3 Å². The number of amides is 1. The molecule has 0 bridgehead atoms. The lowest BCUT2D eigenvalue weighted by Crippen LogP contribution is -2.38. The number of nitrogens with zero attached hydrogens (tertiary/aromatic N) is 2. The van der Waals surface area contributed by atoms with Gasteiger partial charge in [-0.05, 0) is 19.9 Å². The van der Waals surface area contributed by atoms with Gasteiger partial charge in [0.25, 0.3) is 5.91 Å². The summed E-state index contributed by atoms with van der Waals surface area (Å²) in [5.74, 6) is 0.815. The zero-order chi connectivity index (χ0) is 12.8. The quantitative estimate of drug-likeness (QED) is 0.759. The van der Waals surface area contributed by atoms with Gasteiger partial charge in [-0.3, -0.25) is 9.78 Å². The second-order valence-corrected chi connectivity index (χ2v) is 4.24. The maximum atomic E-state index is 12.3. The molecule has 94 valence electrons. The highest BCUT2D eigenvalue weighted by Crippen LogP contribution is 2.19. The Balaban J connectivity index is 3.00. The van der Waals surface area contributed by atoms with Crippen LogP contribution in [0, 0.1) is 0 Å². The summed E-state index contributed by atoms with van der Waals surface area (Å²) >= 11 is 5.71. The molecule has 17 heavy (non-hydrogen) atoms. The van der Waals surface area contributed by atoms with Crippen molar-refractivity contribution in [3.8, 4) is 5.75 Å². The molecule has 0 saturated heterocycles. The van der Waals surface area contributed by atoms with Crippen molar-refractivity contribution in [2.75, 3.05) is 19.5 Å². The summed E-state index contributed by atoms with van der Waals surface area (Å²) in [6.07, 6.45) is 3.11. The van der Waals surface area contributed by atoms with Crippen LogP contribution in [0.1, 0.15) is 24.2 Å². The predicted molar refractivity (Wildman–Crippen MR) is 67.7 cm³/mol. The summed E-state index contributed by atoms with van der Waals surface area (Å²) in [5, 5.41) is 0. The minimum atomic E-state index is -0.0834. The number of carbonyl (C=O) groups is 1. The Morgan fingerprint density at radius 1 is 1.59 bits per heavy atom. The molecule has 0 N–H and O–H groups in total. The third kappa shape index (κ3) is 3.33. The molecule has 5 heteroatoms. The van der Waals surface area contributed by atoms with Crippen LogP contribution in [0.3, 0.4) is 0 Å². The topological polar surface area (TPSA) is 42.4 Å². The van der Waals surface area contributed by atoms with Crippen molar-refractivity contribution in [3.05, 3.63) is 24.0 Å². The maximum Gasteiger partial charge on any atom is 0.258 e. The molecule has 0 aliphatic carbocycles. The molecule has 0 radical (unpaired) electrons. The number of carbonyl (C=O) groups excluding carboxylic acids is 1. The number of aromatic nitrogens is 1. The van der Waals surface area contributed by atoms with E-state index in [9.17, 15) is 4.79 Å². The molecule has 4 nitrogen and oxygen atoms in total. The summed E-state index contributed by atoms with van der Waals surface area (Å²) in [4.78, 5) is 18.0. The molecule has 0 aliphatic heterocycles. The zero-order valence-electron chi connectivity index (χ0n) is 10.3. The van der Waals surface area contributed by atoms with E-state index in [0.29, 0.717) is 23.7 Å². The van der Waals surface area contributed by atoms with Gasteiger partial charge in [0.05, 0.1) is 18.9 Å². The van der Waals surface area contributed by atoms with Crippen molar-refractivity contribution in [2.45, 2.75) is 19.9 Å². The summed E-state index contributed by atoms with van der Waals surface area (Å²) in [6.45, 7) is 4.43. The van der Waals surface area contributed by atoms with Crippen LogP contribution in [0.2, 0.25) is 0 Å². The second-order valence-electron chi connectivity index (χ2n) is 3.86. The van der Waals surface area contributed by atoms with Crippen LogP contribution in [0.25, 0.3) is 0 Å². The number of hydrogen-bond acceptors (Lipinski definition) is 3. The number of alkyl halides is 1. The predicted octanol–water partition coefficient (Wildman–Crippen LogP) is 2.18. The highest BCUT2D eigenvalue weighted by atomic mass is 35.5. The lowest BCUT2D eigenvalue weighted by atomic mass is 10.2. The SMILES string of the molecule is COc1cnccc1C(=O)N(CCCl)C(C)C. The van der Waals surface area contributed by atoms with E-state index < -0.39 is 0 Å². The minimum Gasteiger partial charge on any atom is -0.494 e. The number of ether oxygens (including phenoxy) is 1. The highest BCUT2D eigenvalue weighted by molar-refractivity contribution is 6.18. The molecule has 0 fully saturated rings. The molecule has 0 aliphatic rings. The molecule has 1 aromatic rings. The molecule has 1 aromatic heterocycles. The largest absolute Gasteiger partial charge is 0.494 e. The van der Waals surface area contributed by atoms with E-state index >= 15 is 0 Å². The fourth-order valence-corrected chi connectivity index (χ4v) is 1.74. The fourth-order valence-electron chi connectivity index (χ4n) is 1.56. The van der Waals surface area contributed by atoms with E-state index in [0.717, 1.165) is 0 Å². The molecule has 0 atom stereocenters. The summed E-state index contributed by atoms with van der Waals surface area (Å²) in [5.41, 5.74) is 0.515. The number of halogens is 1. The van der Waals surface area contributed by atoms with Gasteiger partial charge in [0.15, 0.2) is 0 Å². The molecule has 0 unspecified atom stereocenters. The number of hydrogen-bond donors (Lipinski definition) is 0. The van der Waals surface area contributed by atoms with Crippen LogP contribution < -0.4 is 4.74 Å². The van der Waals surface area contributed by atoms with Gasteiger partial charge in [0.1, 0.15) is 5.75 Å². The van der Waals surface area contributed by atoms with Crippen LogP contribution in [-0.2, 0) is 0 Å². The van der Waals surface area contributed by atoms with E-state index in [-0.39, 0.29) is 11.9 Å². The number of methoxy groups -OCH3 is 1. The first-order chi connectivity index (χ1) is 8.11. The van der Waals surface area contributed by atoms with Gasteiger partial charge in [-0.25, -0.2) is 0 Å². The Morgan fingerprint density at radius 2 is 2.29 bits per heavy atom. The molecule has 0 spiro atoms. The normalized spacial score (nSPS) is 10.4. The highest BCUT2D eigenvalue weighted by Gasteiger charge is 2.21. The Morgan fingerprint density at radius 3 is 2.82 bits per heavy atom. The van der Waals surface area contributed by atoms with Crippen LogP contribution in [-0.4, -0.2) is 41.4 Å². The Labute approximate surface area is 107 Å². The van der Waals surface area contributed by atoms with Crippen LogP contribution in [0.5, 0.6) is 5.75 Å². The lowest BCUT2D eigenvalue weighted by Gasteiger charge is -2.26. The van der Waals surface area contributed by atoms with Gasteiger partial charge in [0, 0.05) is 24.7 Å². The Kier molecular flexibility index (Phi) is 5.22. The van der Waals surface area contributed by atoms with E-state index in [1.807, 2.05) is 13.8 Å². The van der Waals surface area contributed by atoms with Crippen LogP contribution >= 0.6 is 11.6 Å². The number of rotatable bonds is 5. The van der Waals surface area contributed by atoms with Gasteiger partial charge in [-0.1, -0.05) is 0 Å². The van der Waals surface area contributed by atoms with Crippen molar-refractivity contribution in [1.29, 1.82) is 0 Å². The van der Waals surface area contributed by atoms with Crippen molar-refractivity contribution in [3.63, 3.8) is 0 Å². The summed E-state index contributed by atoms with van der Waals surface area (Å²) < 4.78 is 5.13. The average molecular weight is 257 g/mol. The lowest BCUT2D eigenvalue weighted by molar-refractivity contribution is 0.0714. The Bertz CT molecular complexity index is 383. The molecule has 0 aromatic carbocycles. The van der Waals surface area contributed by atoms with E-state index in [1.165, 1.54) is 13.3 Å². The molecule has 1 rings (SSSR count). The van der Waals surface area contributed by atoms with Crippen LogP contribution in [0.4, 0.5) is 0 Å². The fraction of sp³-hybridized carbons (Fsp3) is 0.500. The van der Waals surface area contributed by atoms with Crippen molar-refractivity contribution < 1.29 is 9.53 Å². The molecular formula is C12H17ClN2O2. The van der Waals surface area contributed by atoms with Gasteiger partial charge in [-0.15, -0.1) is 11.6 Å². The first kappa shape index (κ1) is 13.8. The second kappa shape index (κ2) is 6.45. The van der Waals surface area contributed by atoms with E-state index in [1.54, 1.807) is 17.2 Å². The van der Waals surface area contributed by atoms with Crippen LogP contribution in [0.15, 0.2) is 18.5 Å². The molecule has 1 heterocycles. The smallest absolute Gasteiger partial charge is 0.258 e. The molecular weight excluding hydrogens is 240 g/mol.